The quantitative estimate of drug-likeness (QED) is 0.237. The molecule has 13 heteroatoms. The van der Waals surface area contributed by atoms with Crippen LogP contribution >= 0.6 is 0 Å². The Morgan fingerprint density at radius 3 is 2.41 bits per heavy atom. The van der Waals surface area contributed by atoms with E-state index in [2.05, 4.69) is 4.98 Å². The van der Waals surface area contributed by atoms with E-state index in [0.29, 0.717) is 56.1 Å². The summed E-state index contributed by atoms with van der Waals surface area (Å²) in [5.74, 6) is -1.30. The van der Waals surface area contributed by atoms with E-state index in [1.54, 1.807) is 48.2 Å². The molecule has 0 spiro atoms. The molecule has 1 fully saturated rings. The molecule has 5 rings (SSSR count). The number of hydrogen-bond donors (Lipinski definition) is 0. The third-order valence-corrected chi connectivity index (χ3v) is 8.15. The van der Waals surface area contributed by atoms with E-state index in [9.17, 15) is 31.9 Å². The Bertz CT molecular complexity index is 1800. The average Bonchev–Trinajstić information content (AvgIpc) is 3.02. The smallest absolute Gasteiger partial charge is 0.419 e. The number of aromatic nitrogens is 3. The van der Waals surface area contributed by atoms with Crippen LogP contribution in [0.15, 0.2) is 65.6 Å². The van der Waals surface area contributed by atoms with Gasteiger partial charge in [0.1, 0.15) is 17.4 Å². The van der Waals surface area contributed by atoms with Gasteiger partial charge < -0.3 is 14.5 Å². The monoisotopic (exact) mass is 639 g/mol. The van der Waals surface area contributed by atoms with Crippen LogP contribution < -0.4 is 10.3 Å². The molecule has 1 saturated heterocycles. The molecule has 1 aliphatic rings. The number of carbonyl (C=O) groups is 2. The summed E-state index contributed by atoms with van der Waals surface area (Å²) in [7, 11) is 0. The van der Waals surface area contributed by atoms with Crippen LogP contribution in [0.25, 0.3) is 16.7 Å². The summed E-state index contributed by atoms with van der Waals surface area (Å²) in [6.45, 7) is 6.18. The maximum absolute atomic E-state index is 14.1. The zero-order valence-corrected chi connectivity index (χ0v) is 25.6. The van der Waals surface area contributed by atoms with E-state index in [1.165, 1.54) is 22.6 Å². The van der Waals surface area contributed by atoms with Crippen molar-refractivity contribution in [1.82, 2.24) is 24.3 Å². The molecule has 0 unspecified atom stereocenters. The minimum atomic E-state index is -4.94. The number of ether oxygens (including phenoxy) is 1. The summed E-state index contributed by atoms with van der Waals surface area (Å²) >= 11 is 0. The van der Waals surface area contributed by atoms with E-state index in [4.69, 9.17) is 9.72 Å². The second kappa shape index (κ2) is 13.3. The van der Waals surface area contributed by atoms with Crippen molar-refractivity contribution in [2.45, 2.75) is 58.3 Å². The van der Waals surface area contributed by atoms with Crippen molar-refractivity contribution >= 4 is 22.8 Å². The van der Waals surface area contributed by atoms with E-state index < -0.39 is 47.5 Å². The van der Waals surface area contributed by atoms with Gasteiger partial charge in [-0.2, -0.15) is 13.2 Å². The van der Waals surface area contributed by atoms with Crippen LogP contribution in [0, 0.1) is 5.82 Å². The van der Waals surface area contributed by atoms with Gasteiger partial charge in [-0.1, -0.05) is 6.07 Å². The van der Waals surface area contributed by atoms with Crippen molar-refractivity contribution < 1.29 is 31.9 Å². The fourth-order valence-corrected chi connectivity index (χ4v) is 5.91. The fraction of sp³-hybridized carbons (Fsp3) is 0.364. The van der Waals surface area contributed by atoms with Crippen LogP contribution in [-0.4, -0.2) is 61.9 Å². The molecule has 0 N–H and O–H groups in total. The maximum atomic E-state index is 14.1. The first-order valence-electron chi connectivity index (χ1n) is 14.9. The van der Waals surface area contributed by atoms with Crippen molar-refractivity contribution in [3.05, 3.63) is 93.9 Å². The number of amides is 2. The van der Waals surface area contributed by atoms with Crippen LogP contribution in [0.5, 0.6) is 5.75 Å². The lowest BCUT2D eigenvalue weighted by Gasteiger charge is -2.41. The zero-order valence-electron chi connectivity index (χ0n) is 25.6. The van der Waals surface area contributed by atoms with Gasteiger partial charge in [-0.05, 0) is 80.8 Å². The molecule has 46 heavy (non-hydrogen) atoms. The van der Waals surface area contributed by atoms with Gasteiger partial charge in [-0.15, -0.1) is 0 Å². The first-order chi connectivity index (χ1) is 21.9. The molecule has 2 aromatic carbocycles. The number of rotatable bonds is 8. The van der Waals surface area contributed by atoms with Gasteiger partial charge in [-0.25, -0.2) is 14.4 Å². The Balaban J connectivity index is 1.61. The largest absolute Gasteiger partial charge is 0.494 e. The van der Waals surface area contributed by atoms with Crippen LogP contribution in [0.3, 0.4) is 0 Å². The van der Waals surface area contributed by atoms with Crippen molar-refractivity contribution in [2.24, 2.45) is 0 Å². The van der Waals surface area contributed by atoms with E-state index in [0.717, 1.165) is 6.07 Å². The highest BCUT2D eigenvalue weighted by atomic mass is 19.4. The predicted octanol–water partition coefficient (Wildman–Crippen LogP) is 5.48. The molecule has 0 bridgehead atoms. The summed E-state index contributed by atoms with van der Waals surface area (Å²) < 4.78 is 61.4. The highest BCUT2D eigenvalue weighted by Crippen LogP contribution is 2.33. The van der Waals surface area contributed by atoms with Crippen molar-refractivity contribution in [3.8, 4) is 11.4 Å². The van der Waals surface area contributed by atoms with E-state index >= 15 is 0 Å². The number of likely N-dealkylation sites (tertiary alicyclic amines) is 1. The van der Waals surface area contributed by atoms with Crippen LogP contribution in [0.1, 0.15) is 56.6 Å². The normalized spacial score (nSPS) is 14.7. The molecular formula is C33H33F4N5O4. The molecule has 1 aliphatic heterocycles. The summed E-state index contributed by atoms with van der Waals surface area (Å²) in [6.07, 6.45) is -3.11. The number of nitrogens with zero attached hydrogens (tertiary/aromatic N) is 5. The Kier molecular flexibility index (Phi) is 9.40. The lowest BCUT2D eigenvalue weighted by molar-refractivity contribution is -0.141. The summed E-state index contributed by atoms with van der Waals surface area (Å²) in [5.41, 5.74) is -1.27. The Morgan fingerprint density at radius 1 is 1.09 bits per heavy atom. The minimum absolute atomic E-state index is 0.0193. The van der Waals surface area contributed by atoms with E-state index in [1.807, 2.05) is 6.92 Å². The number of carbonyl (C=O) groups excluding carboxylic acids is 2. The van der Waals surface area contributed by atoms with Gasteiger partial charge in [0.15, 0.2) is 5.65 Å². The topological polar surface area (TPSA) is 97.6 Å². The van der Waals surface area contributed by atoms with Gasteiger partial charge in [0.2, 0.25) is 11.8 Å². The molecule has 0 saturated carbocycles. The standard InChI is InChI=1S/C33H33F4N5O4/c1-4-46-25-10-8-23(9-11-25)42-31(39-30-26(32(42)45)6-5-15-38-30)20(2)41(24-13-16-40(17-14-24)21(3)43)29(44)19-22-7-12-28(34)27(18-22)33(35,36)37/h5-12,15,18,20,24H,4,13-14,16-17,19H2,1-3H3/t20-/m1/s1. The van der Waals surface area contributed by atoms with Gasteiger partial charge in [-0.3, -0.25) is 19.0 Å². The first kappa shape index (κ1) is 32.6. The molecule has 1 atom stereocenters. The van der Waals surface area contributed by atoms with Crippen molar-refractivity contribution in [2.75, 3.05) is 19.7 Å². The molecule has 3 heterocycles. The first-order valence-corrected chi connectivity index (χ1v) is 14.9. The average molecular weight is 640 g/mol. The number of halogens is 4. The molecule has 0 radical (unpaired) electrons. The highest BCUT2D eigenvalue weighted by molar-refractivity contribution is 5.80. The number of fused-ring (bicyclic) bond motifs is 1. The molecule has 4 aromatic rings. The second-order valence-electron chi connectivity index (χ2n) is 11.1. The minimum Gasteiger partial charge on any atom is -0.494 e. The van der Waals surface area contributed by atoms with Gasteiger partial charge in [0.25, 0.3) is 5.56 Å². The van der Waals surface area contributed by atoms with Crippen molar-refractivity contribution in [3.63, 3.8) is 0 Å². The number of pyridine rings is 1. The molecule has 242 valence electrons. The summed E-state index contributed by atoms with van der Waals surface area (Å²) in [6, 6.07) is 11.2. The Labute approximate surface area is 262 Å². The molecular weight excluding hydrogens is 606 g/mol. The lowest BCUT2D eigenvalue weighted by Crippen LogP contribution is -2.50. The highest BCUT2D eigenvalue weighted by Gasteiger charge is 2.37. The second-order valence-corrected chi connectivity index (χ2v) is 11.1. The number of alkyl halides is 3. The summed E-state index contributed by atoms with van der Waals surface area (Å²) in [4.78, 5) is 52.3. The van der Waals surface area contributed by atoms with Gasteiger partial charge >= 0.3 is 6.18 Å². The van der Waals surface area contributed by atoms with Gasteiger partial charge in [0.05, 0.1) is 35.7 Å². The van der Waals surface area contributed by atoms with Crippen LogP contribution in [0.2, 0.25) is 0 Å². The summed E-state index contributed by atoms with van der Waals surface area (Å²) in [5, 5.41) is 0.256. The van der Waals surface area contributed by atoms with Crippen LogP contribution in [0.4, 0.5) is 17.6 Å². The third-order valence-electron chi connectivity index (χ3n) is 8.15. The van der Waals surface area contributed by atoms with E-state index in [-0.39, 0.29) is 28.3 Å². The Hall–Kier alpha value is -4.81. The van der Waals surface area contributed by atoms with Crippen LogP contribution in [-0.2, 0) is 22.2 Å². The SMILES string of the molecule is CCOc1ccc(-n2c([C@@H](C)N(C(=O)Cc3ccc(F)c(C(F)(F)F)c3)C3CCN(C(C)=O)CC3)nc3ncccc3c2=O)cc1. The van der Waals surface area contributed by atoms with Crippen molar-refractivity contribution in [1.29, 1.82) is 0 Å². The third kappa shape index (κ3) is 6.73. The Morgan fingerprint density at radius 2 is 1.78 bits per heavy atom. The number of benzene rings is 2. The molecule has 9 nitrogen and oxygen atoms in total. The lowest BCUT2D eigenvalue weighted by atomic mass is 9.98. The number of piperidine rings is 1. The maximum Gasteiger partial charge on any atom is 0.419 e. The predicted molar refractivity (Wildman–Crippen MR) is 162 cm³/mol. The molecule has 2 aromatic heterocycles. The fourth-order valence-electron chi connectivity index (χ4n) is 5.91. The zero-order chi connectivity index (χ0) is 33.2. The molecule has 2 amide bonds. The number of hydrogen-bond acceptors (Lipinski definition) is 6. The van der Waals surface area contributed by atoms with Gasteiger partial charge in [0, 0.05) is 32.3 Å². The molecule has 0 aliphatic carbocycles.